The van der Waals surface area contributed by atoms with Gasteiger partial charge in [-0.1, -0.05) is 36.4 Å². The van der Waals surface area contributed by atoms with Crippen LogP contribution >= 0.6 is 0 Å². The van der Waals surface area contributed by atoms with Gasteiger partial charge in [-0.15, -0.1) is 0 Å². The normalized spacial score (nSPS) is 12.3. The largest absolute Gasteiger partial charge is 0.482 e. The van der Waals surface area contributed by atoms with Crippen molar-refractivity contribution in [2.45, 2.75) is 63.6 Å². The Morgan fingerprint density at radius 2 is 1.59 bits per heavy atom. The predicted molar refractivity (Wildman–Crippen MR) is 146 cm³/mol. The lowest BCUT2D eigenvalue weighted by atomic mass is 9.84. The maximum atomic E-state index is 13.6. The van der Waals surface area contributed by atoms with Crippen LogP contribution < -0.4 is 4.74 Å². The van der Waals surface area contributed by atoms with E-state index in [9.17, 15) is 23.1 Å². The predicted octanol–water partition coefficient (Wildman–Crippen LogP) is 4.56. The molecule has 0 radical (unpaired) electrons. The first-order chi connectivity index (χ1) is 18.2. The maximum Gasteiger partial charge on any atom is 0.344 e. The number of carbonyl (C=O) groups excluding carboxylic acids is 1. The minimum Gasteiger partial charge on any atom is -0.482 e. The van der Waals surface area contributed by atoms with Gasteiger partial charge in [0.25, 0.3) is 0 Å². The number of pyridine rings is 1. The van der Waals surface area contributed by atoms with Gasteiger partial charge in [0.05, 0.1) is 5.41 Å². The summed E-state index contributed by atoms with van der Waals surface area (Å²) in [5.41, 5.74) is 0.220. The minimum absolute atomic E-state index is 0.0171. The van der Waals surface area contributed by atoms with E-state index in [-0.39, 0.29) is 24.6 Å². The first-order valence-electron chi connectivity index (χ1n) is 12.3. The van der Waals surface area contributed by atoms with Crippen molar-refractivity contribution < 1.29 is 32.6 Å². The summed E-state index contributed by atoms with van der Waals surface area (Å²) in [6.45, 7) is 8.30. The van der Waals surface area contributed by atoms with Crippen LogP contribution in [0.15, 0.2) is 78.0 Å². The summed E-state index contributed by atoms with van der Waals surface area (Å²) in [5.74, 6) is -1.06. The number of hydrogen-bond acceptors (Lipinski definition) is 7. The topological polar surface area (TPSA) is 123 Å². The molecule has 208 valence electrons. The molecule has 3 aromatic rings. The van der Waals surface area contributed by atoms with Gasteiger partial charge in [-0.3, -0.25) is 9.78 Å². The average Bonchev–Trinajstić information content (AvgIpc) is 2.87. The number of benzene rings is 2. The fourth-order valence-electron chi connectivity index (χ4n) is 3.68. The standard InChI is InChI=1S/C29H34N2O7S/c1-28(2,3)38-26(32)20-37-24-9-6-8-22(16-24)19-31(39(35,36)25-10-7-15-30-17-25)18-21-11-13-23(14-12-21)29(4,5)27(33)34/h6-17H,18-20H2,1-5H3,(H,33,34). The molecule has 0 bridgehead atoms. The van der Waals surface area contributed by atoms with Gasteiger partial charge in [0.2, 0.25) is 10.0 Å². The highest BCUT2D eigenvalue weighted by molar-refractivity contribution is 7.89. The van der Waals surface area contributed by atoms with Gasteiger partial charge >= 0.3 is 11.9 Å². The van der Waals surface area contributed by atoms with Crippen LogP contribution in [0.1, 0.15) is 51.3 Å². The summed E-state index contributed by atoms with van der Waals surface area (Å²) in [6.07, 6.45) is 2.79. The van der Waals surface area contributed by atoms with Crippen LogP contribution in [0.5, 0.6) is 5.75 Å². The summed E-state index contributed by atoms with van der Waals surface area (Å²) < 4.78 is 39.4. The number of rotatable bonds is 11. The zero-order valence-corrected chi connectivity index (χ0v) is 23.6. The Morgan fingerprint density at radius 3 is 2.18 bits per heavy atom. The van der Waals surface area contributed by atoms with E-state index >= 15 is 0 Å². The SMILES string of the molecule is CC(C)(C)OC(=O)COc1cccc(CN(Cc2ccc(C(C)(C)C(=O)O)cc2)S(=O)(=O)c2cccnc2)c1. The molecule has 0 atom stereocenters. The highest BCUT2D eigenvalue weighted by atomic mass is 32.2. The number of aromatic nitrogens is 1. The number of carboxylic acids is 1. The van der Waals surface area contributed by atoms with E-state index in [1.807, 2.05) is 0 Å². The molecule has 2 aromatic carbocycles. The van der Waals surface area contributed by atoms with Crippen LogP contribution in [0.3, 0.4) is 0 Å². The highest BCUT2D eigenvalue weighted by Gasteiger charge is 2.30. The van der Waals surface area contributed by atoms with Crippen molar-refractivity contribution in [2.75, 3.05) is 6.61 Å². The first-order valence-corrected chi connectivity index (χ1v) is 13.8. The van der Waals surface area contributed by atoms with Crippen molar-refractivity contribution in [3.63, 3.8) is 0 Å². The molecule has 1 aromatic heterocycles. The molecule has 0 spiro atoms. The molecule has 1 heterocycles. The number of esters is 1. The van der Waals surface area contributed by atoms with Crippen LogP contribution in [0.4, 0.5) is 0 Å². The van der Waals surface area contributed by atoms with Crippen LogP contribution in [0.25, 0.3) is 0 Å². The van der Waals surface area contributed by atoms with Crippen molar-refractivity contribution >= 4 is 22.0 Å². The second-order valence-electron chi connectivity index (χ2n) is 10.6. The third kappa shape index (κ3) is 8.11. The van der Waals surface area contributed by atoms with Crippen molar-refractivity contribution in [2.24, 2.45) is 0 Å². The van der Waals surface area contributed by atoms with Gasteiger partial charge < -0.3 is 14.6 Å². The van der Waals surface area contributed by atoms with E-state index in [1.165, 1.54) is 22.8 Å². The van der Waals surface area contributed by atoms with Gasteiger partial charge in [-0.25, -0.2) is 13.2 Å². The zero-order chi connectivity index (χ0) is 28.8. The first kappa shape index (κ1) is 29.8. The van der Waals surface area contributed by atoms with Crippen LogP contribution in [0.2, 0.25) is 0 Å². The number of sulfonamides is 1. The molecule has 39 heavy (non-hydrogen) atoms. The molecule has 3 rings (SSSR count). The lowest BCUT2D eigenvalue weighted by Crippen LogP contribution is -2.31. The van der Waals surface area contributed by atoms with E-state index in [2.05, 4.69) is 4.98 Å². The number of aliphatic carboxylic acids is 1. The number of ether oxygens (including phenoxy) is 2. The smallest absolute Gasteiger partial charge is 0.344 e. The molecular weight excluding hydrogens is 520 g/mol. The molecule has 0 aliphatic carbocycles. The van der Waals surface area contributed by atoms with Crippen LogP contribution in [0, 0.1) is 0 Å². The second kappa shape index (κ2) is 12.0. The fourth-order valence-corrected chi connectivity index (χ4v) is 5.06. The maximum absolute atomic E-state index is 13.6. The van der Waals surface area contributed by atoms with E-state index < -0.39 is 33.0 Å². The van der Waals surface area contributed by atoms with E-state index in [4.69, 9.17) is 9.47 Å². The molecule has 0 saturated carbocycles. The third-order valence-corrected chi connectivity index (χ3v) is 7.65. The van der Waals surface area contributed by atoms with E-state index in [0.29, 0.717) is 22.4 Å². The zero-order valence-electron chi connectivity index (χ0n) is 22.7. The number of carbonyl (C=O) groups is 2. The van der Waals surface area contributed by atoms with Crippen molar-refractivity contribution in [3.8, 4) is 5.75 Å². The molecule has 0 aliphatic rings. The Labute approximate surface area is 229 Å². The Bertz CT molecular complexity index is 1400. The average molecular weight is 555 g/mol. The Kier molecular flexibility index (Phi) is 9.14. The molecule has 1 N–H and O–H groups in total. The monoisotopic (exact) mass is 554 g/mol. The molecule has 0 fully saturated rings. The Morgan fingerprint density at radius 1 is 0.923 bits per heavy atom. The number of hydrogen-bond donors (Lipinski definition) is 1. The van der Waals surface area contributed by atoms with Crippen molar-refractivity contribution in [1.82, 2.24) is 9.29 Å². The lowest BCUT2D eigenvalue weighted by Gasteiger charge is -2.24. The number of carboxylic acid groups (broad SMARTS) is 1. The van der Waals surface area contributed by atoms with Crippen LogP contribution in [-0.4, -0.2) is 47.0 Å². The van der Waals surface area contributed by atoms with Crippen molar-refractivity contribution in [1.29, 1.82) is 0 Å². The van der Waals surface area contributed by atoms with Gasteiger partial charge in [0.1, 0.15) is 16.2 Å². The third-order valence-electron chi connectivity index (χ3n) is 5.88. The molecule has 0 unspecified atom stereocenters. The van der Waals surface area contributed by atoms with Crippen LogP contribution in [-0.2, 0) is 42.9 Å². The molecular formula is C29H34N2O7S. The van der Waals surface area contributed by atoms with Gasteiger partial charge in [-0.05, 0) is 75.6 Å². The van der Waals surface area contributed by atoms with Gasteiger partial charge in [0, 0.05) is 25.5 Å². The molecule has 0 amide bonds. The molecule has 0 aliphatic heterocycles. The fraction of sp³-hybridized carbons (Fsp3) is 0.345. The molecule has 9 nitrogen and oxygen atoms in total. The van der Waals surface area contributed by atoms with Gasteiger partial charge in [-0.2, -0.15) is 4.31 Å². The Hall–Kier alpha value is -3.76. The summed E-state index contributed by atoms with van der Waals surface area (Å²) in [7, 11) is -3.95. The molecule has 10 heteroatoms. The highest BCUT2D eigenvalue weighted by Crippen LogP contribution is 2.26. The summed E-state index contributed by atoms with van der Waals surface area (Å²) in [4.78, 5) is 27.7. The second-order valence-corrected chi connectivity index (χ2v) is 12.5. The summed E-state index contributed by atoms with van der Waals surface area (Å²) >= 11 is 0. The number of nitrogens with zero attached hydrogens (tertiary/aromatic N) is 2. The van der Waals surface area contributed by atoms with E-state index in [0.717, 1.165) is 0 Å². The van der Waals surface area contributed by atoms with E-state index in [1.54, 1.807) is 89.2 Å². The minimum atomic E-state index is -3.95. The quantitative estimate of drug-likeness (QED) is 0.342. The van der Waals surface area contributed by atoms with Crippen molar-refractivity contribution in [3.05, 3.63) is 89.7 Å². The lowest BCUT2D eigenvalue weighted by molar-refractivity contribution is -0.157. The van der Waals surface area contributed by atoms with Gasteiger partial charge in [0.15, 0.2) is 6.61 Å². The molecule has 0 saturated heterocycles. The summed E-state index contributed by atoms with van der Waals surface area (Å²) in [6, 6.07) is 16.7. The Balaban J connectivity index is 1.86. The summed E-state index contributed by atoms with van der Waals surface area (Å²) in [5, 5.41) is 9.52.